The summed E-state index contributed by atoms with van der Waals surface area (Å²) in [5, 5.41) is 6.48. The first-order valence-corrected chi connectivity index (χ1v) is 7.38. The van der Waals surface area contributed by atoms with E-state index in [1.54, 1.807) is 0 Å². The molecule has 3 rings (SSSR count). The Bertz CT molecular complexity index is 484. The lowest BCUT2D eigenvalue weighted by Gasteiger charge is -2.27. The number of carbonyl (C=O) groups is 1. The second-order valence-electron chi connectivity index (χ2n) is 5.90. The molecule has 0 spiro atoms. The van der Waals surface area contributed by atoms with Crippen LogP contribution in [0, 0.1) is 5.92 Å². The molecule has 2 N–H and O–H groups in total. The first-order valence-electron chi connectivity index (χ1n) is 7.38. The van der Waals surface area contributed by atoms with Crippen LogP contribution >= 0.6 is 0 Å². The summed E-state index contributed by atoms with van der Waals surface area (Å²) < 4.78 is 0. The summed E-state index contributed by atoms with van der Waals surface area (Å²) >= 11 is 0. The van der Waals surface area contributed by atoms with Gasteiger partial charge in [0.25, 0.3) is 0 Å². The average Bonchev–Trinajstić information content (AvgIpc) is 2.86. The molecule has 1 aromatic rings. The van der Waals surface area contributed by atoms with Crippen molar-refractivity contribution >= 4 is 11.6 Å². The number of fused-ring (bicyclic) bond motifs is 1. The van der Waals surface area contributed by atoms with Crippen molar-refractivity contribution in [1.29, 1.82) is 0 Å². The highest BCUT2D eigenvalue weighted by Gasteiger charge is 2.24. The highest BCUT2D eigenvalue weighted by Crippen LogP contribution is 2.26. The lowest BCUT2D eigenvalue weighted by molar-refractivity contribution is -0.120. The average molecular weight is 258 g/mol. The number of piperidine rings is 1. The van der Waals surface area contributed by atoms with Crippen molar-refractivity contribution in [2.24, 2.45) is 5.92 Å². The third kappa shape index (κ3) is 2.81. The van der Waals surface area contributed by atoms with Crippen LogP contribution in [0.15, 0.2) is 18.2 Å². The molecular formula is C16H22N2O. The number of hydrogen-bond acceptors (Lipinski definition) is 2. The molecule has 0 bridgehead atoms. The van der Waals surface area contributed by atoms with Crippen molar-refractivity contribution in [2.45, 2.75) is 45.1 Å². The Balaban J connectivity index is 1.66. The monoisotopic (exact) mass is 258 g/mol. The molecule has 2 atom stereocenters. The SMILES string of the molecule is CC1CC(C(=O)Nc2ccc3c(c2)CCC3)CCN1. The van der Waals surface area contributed by atoms with Gasteiger partial charge in [0.1, 0.15) is 0 Å². The van der Waals surface area contributed by atoms with Gasteiger partial charge in [0.15, 0.2) is 0 Å². The van der Waals surface area contributed by atoms with Gasteiger partial charge in [0.2, 0.25) is 5.91 Å². The number of aryl methyl sites for hydroxylation is 2. The summed E-state index contributed by atoms with van der Waals surface area (Å²) in [6.45, 7) is 3.10. The number of nitrogens with one attached hydrogen (secondary N) is 2. The van der Waals surface area contributed by atoms with E-state index in [2.05, 4.69) is 29.7 Å². The molecule has 1 aliphatic carbocycles. The molecule has 3 heteroatoms. The Kier molecular flexibility index (Phi) is 3.56. The van der Waals surface area contributed by atoms with Gasteiger partial charge in [-0.25, -0.2) is 0 Å². The topological polar surface area (TPSA) is 41.1 Å². The minimum absolute atomic E-state index is 0.157. The molecule has 19 heavy (non-hydrogen) atoms. The number of hydrogen-bond donors (Lipinski definition) is 2. The van der Waals surface area contributed by atoms with E-state index in [0.717, 1.165) is 31.5 Å². The van der Waals surface area contributed by atoms with Gasteiger partial charge in [-0.2, -0.15) is 0 Å². The maximum absolute atomic E-state index is 12.3. The third-order valence-corrected chi connectivity index (χ3v) is 4.36. The fourth-order valence-corrected chi connectivity index (χ4v) is 3.26. The third-order valence-electron chi connectivity index (χ3n) is 4.36. The van der Waals surface area contributed by atoms with Gasteiger partial charge in [-0.1, -0.05) is 6.07 Å². The molecule has 1 aromatic carbocycles. The standard InChI is InChI=1S/C16H22N2O/c1-11-9-14(7-8-17-11)16(19)18-15-6-5-12-3-2-4-13(12)10-15/h5-6,10-11,14,17H,2-4,7-9H2,1H3,(H,18,19). The zero-order chi connectivity index (χ0) is 13.2. The van der Waals surface area contributed by atoms with Crippen LogP contribution in [0.5, 0.6) is 0 Å². The van der Waals surface area contributed by atoms with Gasteiger partial charge >= 0.3 is 0 Å². The minimum Gasteiger partial charge on any atom is -0.326 e. The highest BCUT2D eigenvalue weighted by molar-refractivity contribution is 5.92. The van der Waals surface area contributed by atoms with Crippen LogP contribution in [0.2, 0.25) is 0 Å². The quantitative estimate of drug-likeness (QED) is 0.855. The molecule has 1 heterocycles. The summed E-state index contributed by atoms with van der Waals surface area (Å²) in [7, 11) is 0. The zero-order valence-electron chi connectivity index (χ0n) is 11.5. The second-order valence-corrected chi connectivity index (χ2v) is 5.90. The minimum atomic E-state index is 0.157. The highest BCUT2D eigenvalue weighted by atomic mass is 16.1. The van der Waals surface area contributed by atoms with Crippen molar-refractivity contribution in [2.75, 3.05) is 11.9 Å². The van der Waals surface area contributed by atoms with E-state index >= 15 is 0 Å². The number of benzene rings is 1. The Morgan fingerprint density at radius 1 is 1.32 bits per heavy atom. The van der Waals surface area contributed by atoms with E-state index in [1.165, 1.54) is 24.0 Å². The molecule has 1 aliphatic heterocycles. The lowest BCUT2D eigenvalue weighted by Crippen LogP contribution is -2.40. The number of amides is 1. The van der Waals surface area contributed by atoms with E-state index in [0.29, 0.717) is 6.04 Å². The fraction of sp³-hybridized carbons (Fsp3) is 0.562. The van der Waals surface area contributed by atoms with Gasteiger partial charge in [0.05, 0.1) is 0 Å². The normalized spacial score (nSPS) is 25.9. The van der Waals surface area contributed by atoms with Crippen LogP contribution in [0.3, 0.4) is 0 Å². The molecule has 2 unspecified atom stereocenters. The van der Waals surface area contributed by atoms with Crippen LogP contribution in [-0.2, 0) is 17.6 Å². The Morgan fingerprint density at radius 2 is 2.16 bits per heavy atom. The van der Waals surface area contributed by atoms with Gasteiger partial charge < -0.3 is 10.6 Å². The summed E-state index contributed by atoms with van der Waals surface area (Å²) in [4.78, 5) is 12.3. The number of anilines is 1. The van der Waals surface area contributed by atoms with Gasteiger partial charge in [0, 0.05) is 17.6 Å². The summed E-state index contributed by atoms with van der Waals surface area (Å²) in [6.07, 6.45) is 5.48. The van der Waals surface area contributed by atoms with E-state index in [-0.39, 0.29) is 11.8 Å². The molecule has 0 radical (unpaired) electrons. The van der Waals surface area contributed by atoms with Crippen molar-refractivity contribution in [3.8, 4) is 0 Å². The lowest BCUT2D eigenvalue weighted by atomic mass is 9.92. The molecular weight excluding hydrogens is 236 g/mol. The van der Waals surface area contributed by atoms with Gasteiger partial charge in [-0.3, -0.25) is 4.79 Å². The molecule has 3 nitrogen and oxygen atoms in total. The number of rotatable bonds is 2. The molecule has 1 fully saturated rings. The first kappa shape index (κ1) is 12.7. The van der Waals surface area contributed by atoms with Gasteiger partial charge in [-0.15, -0.1) is 0 Å². The number of carbonyl (C=O) groups excluding carboxylic acids is 1. The Labute approximate surface area is 114 Å². The van der Waals surface area contributed by atoms with Crippen LogP contribution < -0.4 is 10.6 Å². The van der Waals surface area contributed by atoms with Crippen LogP contribution in [-0.4, -0.2) is 18.5 Å². The van der Waals surface area contributed by atoms with E-state index < -0.39 is 0 Å². The van der Waals surface area contributed by atoms with Gasteiger partial charge in [-0.05, 0) is 68.8 Å². The molecule has 1 saturated heterocycles. The second kappa shape index (κ2) is 5.33. The molecule has 1 amide bonds. The Morgan fingerprint density at radius 3 is 3.00 bits per heavy atom. The van der Waals surface area contributed by atoms with E-state index in [9.17, 15) is 4.79 Å². The molecule has 0 saturated carbocycles. The predicted octanol–water partition coefficient (Wildman–Crippen LogP) is 2.50. The maximum Gasteiger partial charge on any atom is 0.227 e. The summed E-state index contributed by atoms with van der Waals surface area (Å²) in [5.74, 6) is 0.343. The van der Waals surface area contributed by atoms with Crippen LogP contribution in [0.4, 0.5) is 5.69 Å². The Hall–Kier alpha value is -1.35. The smallest absolute Gasteiger partial charge is 0.227 e. The summed E-state index contributed by atoms with van der Waals surface area (Å²) in [6, 6.07) is 6.82. The fourth-order valence-electron chi connectivity index (χ4n) is 3.26. The largest absolute Gasteiger partial charge is 0.326 e. The molecule has 2 aliphatic rings. The van der Waals surface area contributed by atoms with Crippen molar-refractivity contribution in [3.05, 3.63) is 29.3 Å². The maximum atomic E-state index is 12.3. The predicted molar refractivity (Wildman–Crippen MR) is 77.3 cm³/mol. The summed E-state index contributed by atoms with van der Waals surface area (Å²) in [5.41, 5.74) is 3.84. The van der Waals surface area contributed by atoms with E-state index in [4.69, 9.17) is 0 Å². The van der Waals surface area contributed by atoms with Crippen LogP contribution in [0.1, 0.15) is 37.3 Å². The molecule has 0 aromatic heterocycles. The first-order chi connectivity index (χ1) is 9.22. The zero-order valence-corrected chi connectivity index (χ0v) is 11.5. The van der Waals surface area contributed by atoms with Crippen molar-refractivity contribution < 1.29 is 4.79 Å². The van der Waals surface area contributed by atoms with E-state index in [1.807, 2.05) is 6.07 Å². The van der Waals surface area contributed by atoms with Crippen LogP contribution in [0.25, 0.3) is 0 Å². The van der Waals surface area contributed by atoms with Crippen molar-refractivity contribution in [1.82, 2.24) is 5.32 Å². The van der Waals surface area contributed by atoms with Crippen molar-refractivity contribution in [3.63, 3.8) is 0 Å². The molecule has 102 valence electrons.